The summed E-state index contributed by atoms with van der Waals surface area (Å²) in [5.41, 5.74) is 0. The molecule has 1 fully saturated rings. The molecule has 0 aliphatic carbocycles. The molecule has 0 bridgehead atoms. The summed E-state index contributed by atoms with van der Waals surface area (Å²) in [6.07, 6.45) is 6.54. The average molecular weight is 269 g/mol. The molecule has 1 saturated heterocycles. The van der Waals surface area contributed by atoms with Gasteiger partial charge < -0.3 is 15.1 Å². The predicted molar refractivity (Wildman–Crippen MR) is 84.7 cm³/mol. The minimum atomic E-state index is 0.728. The topological polar surface area (TPSA) is 18.5 Å². The first-order valence-corrected chi connectivity index (χ1v) is 8.26. The Morgan fingerprint density at radius 1 is 1.37 bits per heavy atom. The van der Waals surface area contributed by atoms with Gasteiger partial charge in [0.25, 0.3) is 0 Å². The van der Waals surface area contributed by atoms with Gasteiger partial charge in [-0.1, -0.05) is 13.8 Å². The fourth-order valence-corrected chi connectivity index (χ4v) is 3.11. The molecule has 0 aromatic heterocycles. The molecular weight excluding hydrogens is 234 g/mol. The molecule has 19 heavy (non-hydrogen) atoms. The van der Waals surface area contributed by atoms with Gasteiger partial charge in [-0.25, -0.2) is 0 Å². The lowest BCUT2D eigenvalue weighted by atomic mass is 10.1. The Balaban J connectivity index is 2.07. The molecule has 0 spiro atoms. The Hall–Kier alpha value is -0.120. The van der Waals surface area contributed by atoms with E-state index in [1.807, 2.05) is 0 Å². The van der Waals surface area contributed by atoms with Crippen LogP contribution in [0.25, 0.3) is 0 Å². The van der Waals surface area contributed by atoms with Crippen molar-refractivity contribution in [2.45, 2.75) is 52.0 Å². The summed E-state index contributed by atoms with van der Waals surface area (Å²) in [5.74, 6) is 0.898. The van der Waals surface area contributed by atoms with Gasteiger partial charge in [-0.05, 0) is 71.8 Å². The normalized spacial score (nSPS) is 22.3. The third-order valence-corrected chi connectivity index (χ3v) is 4.33. The summed E-state index contributed by atoms with van der Waals surface area (Å²) in [6.45, 7) is 10.8. The van der Waals surface area contributed by atoms with E-state index in [4.69, 9.17) is 0 Å². The van der Waals surface area contributed by atoms with Gasteiger partial charge >= 0.3 is 0 Å². The van der Waals surface area contributed by atoms with Gasteiger partial charge in [0.2, 0.25) is 0 Å². The van der Waals surface area contributed by atoms with Gasteiger partial charge in [-0.3, -0.25) is 0 Å². The zero-order valence-corrected chi connectivity index (χ0v) is 13.6. The Labute approximate surface area is 120 Å². The van der Waals surface area contributed by atoms with Gasteiger partial charge in [0.05, 0.1) is 0 Å². The van der Waals surface area contributed by atoms with E-state index in [0.717, 1.165) is 12.0 Å². The first-order chi connectivity index (χ1) is 9.15. The van der Waals surface area contributed by atoms with Crippen LogP contribution < -0.4 is 5.32 Å². The summed E-state index contributed by atoms with van der Waals surface area (Å²) in [7, 11) is 4.53. The molecule has 0 radical (unpaired) electrons. The van der Waals surface area contributed by atoms with E-state index in [1.165, 1.54) is 64.8 Å². The molecule has 0 saturated carbocycles. The summed E-state index contributed by atoms with van der Waals surface area (Å²) in [4.78, 5) is 5.00. The van der Waals surface area contributed by atoms with Gasteiger partial charge in [0, 0.05) is 19.1 Å². The zero-order chi connectivity index (χ0) is 14.1. The highest BCUT2D eigenvalue weighted by atomic mass is 15.1. The van der Waals surface area contributed by atoms with Crippen LogP contribution in [0.1, 0.15) is 46.0 Å². The van der Waals surface area contributed by atoms with Crippen molar-refractivity contribution in [1.29, 1.82) is 0 Å². The first kappa shape index (κ1) is 16.9. The fourth-order valence-electron chi connectivity index (χ4n) is 3.11. The molecule has 2 unspecified atom stereocenters. The van der Waals surface area contributed by atoms with Crippen molar-refractivity contribution in [3.8, 4) is 0 Å². The summed E-state index contributed by atoms with van der Waals surface area (Å²) < 4.78 is 0. The van der Waals surface area contributed by atoms with Gasteiger partial charge in [0.15, 0.2) is 0 Å². The van der Waals surface area contributed by atoms with E-state index in [-0.39, 0.29) is 0 Å². The monoisotopic (exact) mass is 269 g/mol. The predicted octanol–water partition coefficient (Wildman–Crippen LogP) is 2.43. The lowest BCUT2D eigenvalue weighted by molar-refractivity contribution is 0.264. The van der Waals surface area contributed by atoms with Crippen molar-refractivity contribution in [3.63, 3.8) is 0 Å². The number of nitrogens with zero attached hydrogens (tertiary/aromatic N) is 2. The molecule has 114 valence electrons. The standard InChI is InChI=1S/C16H35N3/c1-5-10-17-16(6-2)8-7-11-18(3)13-15-9-12-19(4)14-15/h15-17H,5-14H2,1-4H3. The maximum Gasteiger partial charge on any atom is 0.00649 e. The average Bonchev–Trinajstić information content (AvgIpc) is 2.79. The Kier molecular flexibility index (Phi) is 8.67. The third-order valence-electron chi connectivity index (χ3n) is 4.33. The molecule has 3 heteroatoms. The van der Waals surface area contributed by atoms with Crippen LogP contribution in [0, 0.1) is 5.92 Å². The van der Waals surface area contributed by atoms with Crippen LogP contribution >= 0.6 is 0 Å². The second-order valence-electron chi connectivity index (χ2n) is 6.38. The SMILES string of the molecule is CCCNC(CC)CCCN(C)CC1CCN(C)C1. The van der Waals surface area contributed by atoms with Gasteiger partial charge in [-0.2, -0.15) is 0 Å². The van der Waals surface area contributed by atoms with E-state index in [0.29, 0.717) is 0 Å². The van der Waals surface area contributed by atoms with E-state index < -0.39 is 0 Å². The van der Waals surface area contributed by atoms with E-state index in [9.17, 15) is 0 Å². The van der Waals surface area contributed by atoms with Crippen molar-refractivity contribution in [3.05, 3.63) is 0 Å². The number of likely N-dealkylation sites (tertiary alicyclic amines) is 1. The molecule has 1 rings (SSSR count). The minimum absolute atomic E-state index is 0.728. The van der Waals surface area contributed by atoms with Crippen molar-refractivity contribution < 1.29 is 0 Å². The van der Waals surface area contributed by atoms with Gasteiger partial charge in [0.1, 0.15) is 0 Å². The number of hydrogen-bond donors (Lipinski definition) is 1. The number of hydrogen-bond acceptors (Lipinski definition) is 3. The molecule has 0 aromatic rings. The van der Waals surface area contributed by atoms with Gasteiger partial charge in [-0.15, -0.1) is 0 Å². The second-order valence-corrected chi connectivity index (χ2v) is 6.38. The first-order valence-electron chi connectivity index (χ1n) is 8.26. The molecule has 2 atom stereocenters. The fraction of sp³-hybridized carbons (Fsp3) is 1.00. The lowest BCUT2D eigenvalue weighted by Crippen LogP contribution is -2.32. The smallest absolute Gasteiger partial charge is 0.00649 e. The van der Waals surface area contributed by atoms with Crippen LogP contribution in [0.3, 0.4) is 0 Å². The summed E-state index contributed by atoms with van der Waals surface area (Å²) in [6, 6.07) is 0.728. The van der Waals surface area contributed by atoms with Crippen LogP contribution in [-0.4, -0.2) is 62.7 Å². The Morgan fingerprint density at radius 2 is 2.16 bits per heavy atom. The van der Waals surface area contributed by atoms with E-state index in [1.54, 1.807) is 0 Å². The summed E-state index contributed by atoms with van der Waals surface area (Å²) in [5, 5.41) is 3.65. The molecule has 0 amide bonds. The molecule has 0 aromatic carbocycles. The number of rotatable bonds is 10. The van der Waals surface area contributed by atoms with E-state index in [2.05, 4.69) is 43.1 Å². The van der Waals surface area contributed by atoms with Crippen LogP contribution in [0.2, 0.25) is 0 Å². The quantitative estimate of drug-likeness (QED) is 0.657. The summed E-state index contributed by atoms with van der Waals surface area (Å²) >= 11 is 0. The van der Waals surface area contributed by atoms with Crippen molar-refractivity contribution >= 4 is 0 Å². The molecule has 1 aliphatic rings. The zero-order valence-electron chi connectivity index (χ0n) is 13.6. The van der Waals surface area contributed by atoms with Crippen LogP contribution in [0.5, 0.6) is 0 Å². The molecular formula is C16H35N3. The molecule has 3 nitrogen and oxygen atoms in total. The maximum absolute atomic E-state index is 3.65. The third kappa shape index (κ3) is 7.28. The van der Waals surface area contributed by atoms with Crippen molar-refractivity contribution in [2.24, 2.45) is 5.92 Å². The van der Waals surface area contributed by atoms with E-state index >= 15 is 0 Å². The van der Waals surface area contributed by atoms with Crippen LogP contribution in [0.4, 0.5) is 0 Å². The lowest BCUT2D eigenvalue weighted by Gasteiger charge is -2.22. The second kappa shape index (κ2) is 9.73. The highest BCUT2D eigenvalue weighted by Crippen LogP contribution is 2.15. The largest absolute Gasteiger partial charge is 0.314 e. The van der Waals surface area contributed by atoms with Crippen molar-refractivity contribution in [1.82, 2.24) is 15.1 Å². The number of nitrogens with one attached hydrogen (secondary N) is 1. The highest BCUT2D eigenvalue weighted by Gasteiger charge is 2.20. The maximum atomic E-state index is 3.65. The molecule has 1 aliphatic heterocycles. The van der Waals surface area contributed by atoms with Crippen molar-refractivity contribution in [2.75, 3.05) is 46.8 Å². The van der Waals surface area contributed by atoms with Crippen LogP contribution in [0.15, 0.2) is 0 Å². The molecule has 1 heterocycles. The highest BCUT2D eigenvalue weighted by molar-refractivity contribution is 4.75. The van der Waals surface area contributed by atoms with Crippen LogP contribution in [-0.2, 0) is 0 Å². The minimum Gasteiger partial charge on any atom is -0.314 e. The Morgan fingerprint density at radius 3 is 2.74 bits per heavy atom. The Bertz CT molecular complexity index is 220. The molecule has 1 N–H and O–H groups in total.